The van der Waals surface area contributed by atoms with Crippen LogP contribution in [0.25, 0.3) is 0 Å². The minimum atomic E-state index is -0.0942. The summed E-state index contributed by atoms with van der Waals surface area (Å²) in [5.41, 5.74) is 1.20. The molecule has 1 aliphatic heterocycles. The van der Waals surface area contributed by atoms with E-state index in [-0.39, 0.29) is 5.41 Å². The molecule has 0 amide bonds. The minimum absolute atomic E-state index is 0.0942. The molecule has 106 valence electrons. The van der Waals surface area contributed by atoms with Gasteiger partial charge in [-0.15, -0.1) is 0 Å². The molecule has 0 spiro atoms. The number of ether oxygens (including phenoxy) is 1. The number of rotatable bonds is 3. The number of hydrogen-bond acceptors (Lipinski definition) is 3. The first-order chi connectivity index (χ1) is 9.78. The van der Waals surface area contributed by atoms with Crippen molar-refractivity contribution in [2.75, 3.05) is 13.2 Å². The van der Waals surface area contributed by atoms with Crippen molar-refractivity contribution < 1.29 is 4.74 Å². The molecule has 1 N–H and O–H groups in total. The monoisotopic (exact) mass is 289 g/mol. The zero-order valence-electron chi connectivity index (χ0n) is 11.6. The maximum absolute atomic E-state index is 5.57. The van der Waals surface area contributed by atoms with Gasteiger partial charge < -0.3 is 9.30 Å². The third kappa shape index (κ3) is 2.11. The lowest BCUT2D eigenvalue weighted by atomic mass is 9.73. The van der Waals surface area contributed by atoms with Gasteiger partial charge in [0.15, 0.2) is 4.77 Å². The van der Waals surface area contributed by atoms with Crippen molar-refractivity contribution in [2.24, 2.45) is 0 Å². The summed E-state index contributed by atoms with van der Waals surface area (Å²) in [5.74, 6) is 1.04. The first kappa shape index (κ1) is 13.5. The molecule has 0 aliphatic carbocycles. The van der Waals surface area contributed by atoms with Crippen LogP contribution in [-0.4, -0.2) is 28.0 Å². The first-order valence-corrected chi connectivity index (χ1v) is 7.48. The molecule has 5 heteroatoms. The second kappa shape index (κ2) is 5.50. The molecule has 0 bridgehead atoms. The number of H-pyrrole nitrogens is 1. The van der Waals surface area contributed by atoms with Crippen molar-refractivity contribution in [3.05, 3.63) is 46.5 Å². The summed E-state index contributed by atoms with van der Waals surface area (Å²) in [5, 5.41) is 7.50. The largest absolute Gasteiger partial charge is 0.381 e. The third-order valence-electron chi connectivity index (χ3n) is 4.18. The zero-order chi connectivity index (χ0) is 14.0. The second-order valence-electron chi connectivity index (χ2n) is 5.16. The summed E-state index contributed by atoms with van der Waals surface area (Å²) >= 11 is 5.35. The molecule has 3 rings (SSSR count). The number of aromatic amines is 1. The number of nitrogens with one attached hydrogen (secondary N) is 1. The Morgan fingerprint density at radius 2 is 2.00 bits per heavy atom. The van der Waals surface area contributed by atoms with E-state index in [9.17, 15) is 0 Å². The van der Waals surface area contributed by atoms with Crippen molar-refractivity contribution >= 4 is 12.2 Å². The van der Waals surface area contributed by atoms with E-state index >= 15 is 0 Å². The molecule has 20 heavy (non-hydrogen) atoms. The Morgan fingerprint density at radius 1 is 1.30 bits per heavy atom. The van der Waals surface area contributed by atoms with Crippen LogP contribution in [0, 0.1) is 4.77 Å². The smallest absolute Gasteiger partial charge is 0.195 e. The highest BCUT2D eigenvalue weighted by Gasteiger charge is 2.40. The van der Waals surface area contributed by atoms with E-state index in [2.05, 4.69) is 46.0 Å². The highest BCUT2D eigenvalue weighted by molar-refractivity contribution is 7.71. The van der Waals surface area contributed by atoms with Gasteiger partial charge in [-0.3, -0.25) is 5.10 Å². The lowest BCUT2D eigenvalue weighted by molar-refractivity contribution is 0.0592. The summed E-state index contributed by atoms with van der Waals surface area (Å²) in [4.78, 5) is 0. The number of aromatic nitrogens is 3. The Morgan fingerprint density at radius 3 is 2.65 bits per heavy atom. The van der Waals surface area contributed by atoms with E-state index in [1.54, 1.807) is 0 Å². The van der Waals surface area contributed by atoms with Gasteiger partial charge in [0.05, 0.1) is 5.41 Å². The van der Waals surface area contributed by atoms with Crippen LogP contribution in [0.2, 0.25) is 0 Å². The molecule has 2 heterocycles. The van der Waals surface area contributed by atoms with Crippen molar-refractivity contribution in [3.63, 3.8) is 0 Å². The van der Waals surface area contributed by atoms with Gasteiger partial charge in [0, 0.05) is 19.8 Å². The number of nitrogens with zero attached hydrogens (tertiary/aromatic N) is 2. The molecule has 1 saturated heterocycles. The summed E-state index contributed by atoms with van der Waals surface area (Å²) in [6, 6.07) is 10.6. The van der Waals surface area contributed by atoms with Crippen molar-refractivity contribution in [1.29, 1.82) is 0 Å². The topological polar surface area (TPSA) is 42.8 Å². The SMILES string of the molecule is CCn1c(C2(c3ccccc3)CCOCC2)n[nH]c1=S. The normalized spacial score (nSPS) is 18.1. The fourth-order valence-corrected chi connectivity index (χ4v) is 3.36. The Bertz CT molecular complexity index is 626. The Labute approximate surface area is 123 Å². The predicted molar refractivity (Wildman–Crippen MR) is 80.4 cm³/mol. The van der Waals surface area contributed by atoms with E-state index in [0.29, 0.717) is 4.77 Å². The minimum Gasteiger partial charge on any atom is -0.381 e. The van der Waals surface area contributed by atoms with Crippen LogP contribution in [0.3, 0.4) is 0 Å². The van der Waals surface area contributed by atoms with Gasteiger partial charge in [-0.1, -0.05) is 30.3 Å². The van der Waals surface area contributed by atoms with Gasteiger partial charge in [0.2, 0.25) is 0 Å². The molecule has 1 aliphatic rings. The van der Waals surface area contributed by atoms with Crippen molar-refractivity contribution in [1.82, 2.24) is 14.8 Å². The van der Waals surface area contributed by atoms with E-state index in [1.807, 2.05) is 6.07 Å². The Hall–Kier alpha value is -1.46. The molecule has 1 aromatic carbocycles. The summed E-state index contributed by atoms with van der Waals surface area (Å²) in [6.45, 7) is 4.46. The van der Waals surface area contributed by atoms with E-state index in [1.165, 1.54) is 5.56 Å². The van der Waals surface area contributed by atoms with Gasteiger partial charge in [0.1, 0.15) is 5.82 Å². The first-order valence-electron chi connectivity index (χ1n) is 7.07. The second-order valence-corrected chi connectivity index (χ2v) is 5.54. The molecule has 0 saturated carbocycles. The van der Waals surface area contributed by atoms with E-state index in [4.69, 9.17) is 17.0 Å². The maximum Gasteiger partial charge on any atom is 0.195 e. The van der Waals surface area contributed by atoms with Gasteiger partial charge in [0.25, 0.3) is 0 Å². The number of benzene rings is 1. The third-order valence-corrected chi connectivity index (χ3v) is 4.49. The predicted octanol–water partition coefficient (Wildman–Crippen LogP) is 3.06. The van der Waals surface area contributed by atoms with Crippen molar-refractivity contribution in [2.45, 2.75) is 31.7 Å². The molecule has 4 nitrogen and oxygen atoms in total. The average Bonchev–Trinajstić information content (AvgIpc) is 2.90. The highest BCUT2D eigenvalue weighted by Crippen LogP contribution is 2.40. The molecule has 0 atom stereocenters. The van der Waals surface area contributed by atoms with Crippen LogP contribution in [0.15, 0.2) is 30.3 Å². The molecular weight excluding hydrogens is 270 g/mol. The van der Waals surface area contributed by atoms with Crippen molar-refractivity contribution in [3.8, 4) is 0 Å². The maximum atomic E-state index is 5.57. The zero-order valence-corrected chi connectivity index (χ0v) is 12.4. The standard InChI is InChI=1S/C15H19N3OS/c1-2-18-13(16-17-14(18)20)15(8-10-19-11-9-15)12-6-4-3-5-7-12/h3-7H,2,8-11H2,1H3,(H,17,20). The molecule has 0 unspecified atom stereocenters. The average molecular weight is 289 g/mol. The Balaban J connectivity index is 2.18. The fraction of sp³-hybridized carbons (Fsp3) is 0.467. The van der Waals surface area contributed by atoms with Crippen LogP contribution in [-0.2, 0) is 16.7 Å². The summed E-state index contributed by atoms with van der Waals surface area (Å²) < 4.78 is 8.38. The molecule has 1 fully saturated rings. The molecule has 2 aromatic rings. The molecule has 1 aromatic heterocycles. The quantitative estimate of drug-likeness (QED) is 0.883. The van der Waals surface area contributed by atoms with Gasteiger partial charge >= 0.3 is 0 Å². The van der Waals surface area contributed by atoms with E-state index < -0.39 is 0 Å². The van der Waals surface area contributed by atoms with Gasteiger partial charge in [-0.25, -0.2) is 0 Å². The van der Waals surface area contributed by atoms with Crippen LogP contribution in [0.1, 0.15) is 31.2 Å². The van der Waals surface area contributed by atoms with Crippen LogP contribution >= 0.6 is 12.2 Å². The van der Waals surface area contributed by atoms with Gasteiger partial charge in [-0.05, 0) is 37.5 Å². The lowest BCUT2D eigenvalue weighted by Crippen LogP contribution is -2.37. The van der Waals surface area contributed by atoms with Crippen LogP contribution in [0.4, 0.5) is 0 Å². The summed E-state index contributed by atoms with van der Waals surface area (Å²) in [7, 11) is 0. The Kier molecular flexibility index (Phi) is 3.72. The number of hydrogen-bond donors (Lipinski definition) is 1. The van der Waals surface area contributed by atoms with Gasteiger partial charge in [-0.2, -0.15) is 5.10 Å². The molecular formula is C15H19N3OS. The van der Waals surface area contributed by atoms with E-state index in [0.717, 1.165) is 38.4 Å². The fourth-order valence-electron chi connectivity index (χ4n) is 3.09. The summed E-state index contributed by atoms with van der Waals surface area (Å²) in [6.07, 6.45) is 1.88. The lowest BCUT2D eigenvalue weighted by Gasteiger charge is -2.36. The van der Waals surface area contributed by atoms with Crippen LogP contribution in [0.5, 0.6) is 0 Å². The molecule has 0 radical (unpaired) electrons. The van der Waals surface area contributed by atoms with Crippen LogP contribution < -0.4 is 0 Å². The highest BCUT2D eigenvalue weighted by atomic mass is 32.1.